The van der Waals surface area contributed by atoms with Gasteiger partial charge in [-0.3, -0.25) is 9.89 Å². The third-order valence-corrected chi connectivity index (χ3v) is 5.29. The van der Waals surface area contributed by atoms with Crippen molar-refractivity contribution in [3.05, 3.63) is 23.8 Å². The molecule has 1 N–H and O–H groups in total. The molecule has 2 aliphatic rings. The number of guanidine groups is 1. The highest BCUT2D eigenvalue weighted by Crippen LogP contribution is 2.29. The van der Waals surface area contributed by atoms with E-state index in [2.05, 4.69) is 35.0 Å². The van der Waals surface area contributed by atoms with Crippen LogP contribution in [-0.2, 0) is 6.54 Å². The Bertz CT molecular complexity index is 626. The number of benzene rings is 1. The van der Waals surface area contributed by atoms with Crippen molar-refractivity contribution in [1.29, 1.82) is 0 Å². The van der Waals surface area contributed by atoms with Crippen LogP contribution in [0.4, 0.5) is 0 Å². The molecule has 3 rings (SSSR count). The molecular weight excluding hydrogens is 328 g/mol. The van der Waals surface area contributed by atoms with Crippen LogP contribution in [0, 0.1) is 5.92 Å². The summed E-state index contributed by atoms with van der Waals surface area (Å²) in [5.74, 6) is 3.66. The summed E-state index contributed by atoms with van der Waals surface area (Å²) in [7, 11) is 3.42. The van der Waals surface area contributed by atoms with Crippen LogP contribution in [0.3, 0.4) is 0 Å². The lowest BCUT2D eigenvalue weighted by molar-refractivity contribution is 0.170. The Labute approximate surface area is 157 Å². The molecule has 26 heavy (non-hydrogen) atoms. The van der Waals surface area contributed by atoms with E-state index in [0.717, 1.165) is 62.6 Å². The van der Waals surface area contributed by atoms with Crippen LogP contribution in [0.1, 0.15) is 25.8 Å². The van der Waals surface area contributed by atoms with Crippen LogP contribution >= 0.6 is 0 Å². The molecule has 0 aromatic heterocycles. The summed E-state index contributed by atoms with van der Waals surface area (Å²) < 4.78 is 10.9. The van der Waals surface area contributed by atoms with Gasteiger partial charge in [-0.2, -0.15) is 0 Å². The van der Waals surface area contributed by atoms with E-state index >= 15 is 0 Å². The third kappa shape index (κ3) is 4.61. The van der Waals surface area contributed by atoms with E-state index in [1.165, 1.54) is 12.0 Å². The highest BCUT2D eigenvalue weighted by Gasteiger charge is 2.34. The summed E-state index contributed by atoms with van der Waals surface area (Å²) in [6, 6.07) is 6.61. The largest absolute Gasteiger partial charge is 0.497 e. The minimum Gasteiger partial charge on any atom is -0.497 e. The van der Waals surface area contributed by atoms with E-state index in [0.29, 0.717) is 6.04 Å². The van der Waals surface area contributed by atoms with Gasteiger partial charge in [0.1, 0.15) is 11.5 Å². The van der Waals surface area contributed by atoms with Crippen molar-refractivity contribution in [2.24, 2.45) is 10.9 Å². The van der Waals surface area contributed by atoms with Crippen LogP contribution in [-0.4, -0.2) is 68.7 Å². The molecular formula is C20H32N4O2. The maximum absolute atomic E-state index is 5.52. The number of hydrogen-bond donors (Lipinski definition) is 1. The summed E-state index contributed by atoms with van der Waals surface area (Å²) in [6.07, 6.45) is 1.26. The van der Waals surface area contributed by atoms with Crippen molar-refractivity contribution in [3.8, 4) is 11.5 Å². The number of rotatable bonds is 6. The summed E-state index contributed by atoms with van der Waals surface area (Å²) in [4.78, 5) is 9.56. The van der Waals surface area contributed by atoms with Gasteiger partial charge in [0.25, 0.3) is 0 Å². The van der Waals surface area contributed by atoms with Gasteiger partial charge in [-0.25, -0.2) is 0 Å². The number of aliphatic imine (C=N–C) groups is 1. The van der Waals surface area contributed by atoms with E-state index in [9.17, 15) is 0 Å². The molecule has 1 aromatic carbocycles. The quantitative estimate of drug-likeness (QED) is 0.623. The van der Waals surface area contributed by atoms with Crippen molar-refractivity contribution in [3.63, 3.8) is 0 Å². The summed E-state index contributed by atoms with van der Waals surface area (Å²) >= 11 is 0. The Kier molecular flexibility index (Phi) is 6.25. The summed E-state index contributed by atoms with van der Waals surface area (Å²) in [6.45, 7) is 10.1. The molecule has 1 saturated carbocycles. The number of nitrogens with one attached hydrogen (secondary N) is 1. The van der Waals surface area contributed by atoms with Crippen molar-refractivity contribution in [2.75, 3.05) is 46.9 Å². The molecule has 1 aliphatic heterocycles. The molecule has 1 heterocycles. The monoisotopic (exact) mass is 360 g/mol. The second-order valence-electron chi connectivity index (χ2n) is 7.20. The average molecular weight is 361 g/mol. The molecule has 6 nitrogen and oxygen atoms in total. The first-order valence-corrected chi connectivity index (χ1v) is 9.63. The number of piperazine rings is 1. The van der Waals surface area contributed by atoms with Gasteiger partial charge in [-0.1, -0.05) is 6.92 Å². The van der Waals surface area contributed by atoms with Gasteiger partial charge in [0, 0.05) is 50.9 Å². The maximum atomic E-state index is 5.52. The maximum Gasteiger partial charge on any atom is 0.194 e. The van der Waals surface area contributed by atoms with E-state index in [1.54, 1.807) is 14.2 Å². The first-order valence-electron chi connectivity index (χ1n) is 9.63. The highest BCUT2D eigenvalue weighted by molar-refractivity contribution is 5.80. The lowest BCUT2D eigenvalue weighted by Crippen LogP contribution is -2.52. The predicted octanol–water partition coefficient (Wildman–Crippen LogP) is 2.20. The van der Waals surface area contributed by atoms with Gasteiger partial charge >= 0.3 is 0 Å². The Morgan fingerprint density at radius 2 is 1.92 bits per heavy atom. The molecule has 2 atom stereocenters. The summed E-state index contributed by atoms with van der Waals surface area (Å²) in [5.41, 5.74) is 1.17. The van der Waals surface area contributed by atoms with E-state index in [1.807, 2.05) is 12.1 Å². The molecule has 144 valence electrons. The number of nitrogens with zero attached hydrogens (tertiary/aromatic N) is 3. The van der Waals surface area contributed by atoms with Crippen LogP contribution in [0.25, 0.3) is 0 Å². The first-order chi connectivity index (χ1) is 12.6. The fraction of sp³-hybridized carbons (Fsp3) is 0.650. The zero-order valence-electron chi connectivity index (χ0n) is 16.5. The normalized spacial score (nSPS) is 23.7. The highest BCUT2D eigenvalue weighted by atomic mass is 16.5. The Morgan fingerprint density at radius 1 is 1.19 bits per heavy atom. The first kappa shape index (κ1) is 18.8. The molecule has 2 fully saturated rings. The molecule has 2 unspecified atom stereocenters. The van der Waals surface area contributed by atoms with Crippen molar-refractivity contribution in [1.82, 2.24) is 15.1 Å². The van der Waals surface area contributed by atoms with Crippen LogP contribution in [0.2, 0.25) is 0 Å². The number of methoxy groups -OCH3 is 2. The molecule has 1 saturated heterocycles. The molecule has 1 aliphatic carbocycles. The molecule has 1 aromatic rings. The van der Waals surface area contributed by atoms with E-state index in [4.69, 9.17) is 14.5 Å². The Balaban J connectivity index is 1.57. The second-order valence-corrected chi connectivity index (χ2v) is 7.20. The average Bonchev–Trinajstić information content (AvgIpc) is 3.36. The minimum absolute atomic E-state index is 0.611. The van der Waals surface area contributed by atoms with Crippen molar-refractivity contribution < 1.29 is 9.47 Å². The number of hydrogen-bond acceptors (Lipinski definition) is 4. The van der Waals surface area contributed by atoms with Gasteiger partial charge < -0.3 is 19.7 Å². The van der Waals surface area contributed by atoms with Gasteiger partial charge in [-0.15, -0.1) is 0 Å². The Hall–Kier alpha value is -1.95. The molecule has 0 radical (unpaired) electrons. The topological polar surface area (TPSA) is 49.3 Å². The lowest BCUT2D eigenvalue weighted by atomic mass is 10.1. The third-order valence-electron chi connectivity index (χ3n) is 5.29. The summed E-state index contributed by atoms with van der Waals surface area (Å²) in [5, 5.41) is 3.63. The molecule has 0 amide bonds. The van der Waals surface area contributed by atoms with Crippen molar-refractivity contribution >= 4 is 5.96 Å². The Morgan fingerprint density at radius 3 is 2.50 bits per heavy atom. The van der Waals surface area contributed by atoms with Gasteiger partial charge in [0.2, 0.25) is 0 Å². The second kappa shape index (κ2) is 8.62. The van der Waals surface area contributed by atoms with Crippen LogP contribution in [0.5, 0.6) is 11.5 Å². The minimum atomic E-state index is 0.611. The van der Waals surface area contributed by atoms with Crippen molar-refractivity contribution in [2.45, 2.75) is 32.9 Å². The smallest absolute Gasteiger partial charge is 0.194 e. The SMILES string of the molecule is CCN=C(NC1CC1C)N1CCN(Cc2cc(OC)ccc2OC)CC1. The molecule has 6 heteroatoms. The van der Waals surface area contributed by atoms with Gasteiger partial charge in [0.15, 0.2) is 5.96 Å². The lowest BCUT2D eigenvalue weighted by Gasteiger charge is -2.37. The fourth-order valence-corrected chi connectivity index (χ4v) is 3.44. The number of ether oxygens (including phenoxy) is 2. The van der Waals surface area contributed by atoms with E-state index < -0.39 is 0 Å². The fourth-order valence-electron chi connectivity index (χ4n) is 3.44. The standard InChI is InChI=1S/C20H32N4O2/c1-5-21-20(22-18-12-15(18)2)24-10-8-23(9-11-24)14-16-13-17(25-3)6-7-19(16)26-4/h6-7,13,15,18H,5,8-12,14H2,1-4H3,(H,21,22). The molecule has 0 bridgehead atoms. The van der Waals surface area contributed by atoms with Gasteiger partial charge in [-0.05, 0) is 37.5 Å². The van der Waals surface area contributed by atoms with E-state index in [-0.39, 0.29) is 0 Å². The van der Waals surface area contributed by atoms with Crippen LogP contribution < -0.4 is 14.8 Å². The zero-order valence-corrected chi connectivity index (χ0v) is 16.5. The zero-order chi connectivity index (χ0) is 18.5. The molecule has 0 spiro atoms. The van der Waals surface area contributed by atoms with Gasteiger partial charge in [0.05, 0.1) is 14.2 Å². The van der Waals surface area contributed by atoms with Crippen LogP contribution in [0.15, 0.2) is 23.2 Å². The predicted molar refractivity (Wildman–Crippen MR) is 105 cm³/mol.